The van der Waals surface area contributed by atoms with Gasteiger partial charge < -0.3 is 10.2 Å². The van der Waals surface area contributed by atoms with E-state index >= 15 is 0 Å². The van der Waals surface area contributed by atoms with Crippen molar-refractivity contribution in [3.05, 3.63) is 24.3 Å². The predicted octanol–water partition coefficient (Wildman–Crippen LogP) is 2.67. The van der Waals surface area contributed by atoms with Gasteiger partial charge in [-0.05, 0) is 32.1 Å². The van der Waals surface area contributed by atoms with E-state index in [-0.39, 0.29) is 12.2 Å². The molecule has 0 aromatic heterocycles. The van der Waals surface area contributed by atoms with Crippen LogP contribution in [0.25, 0.3) is 0 Å². The Labute approximate surface area is 93.3 Å². The van der Waals surface area contributed by atoms with E-state index in [9.17, 15) is 10.2 Å². The Morgan fingerprint density at radius 1 is 1.13 bits per heavy atom. The highest BCUT2D eigenvalue weighted by atomic mass is 16.3. The van der Waals surface area contributed by atoms with Gasteiger partial charge >= 0.3 is 0 Å². The molecule has 2 N–H and O–H groups in total. The van der Waals surface area contributed by atoms with Crippen LogP contribution in [0.5, 0.6) is 0 Å². The van der Waals surface area contributed by atoms with Crippen molar-refractivity contribution in [2.75, 3.05) is 0 Å². The Hall–Kier alpha value is -0.600. The van der Waals surface area contributed by atoms with Gasteiger partial charge in [0.25, 0.3) is 0 Å². The lowest BCUT2D eigenvalue weighted by atomic mass is 10.0. The van der Waals surface area contributed by atoms with Crippen LogP contribution in [0.4, 0.5) is 0 Å². The van der Waals surface area contributed by atoms with Crippen LogP contribution in [-0.4, -0.2) is 22.4 Å². The Morgan fingerprint density at radius 2 is 1.80 bits per heavy atom. The number of hydrogen-bond acceptors (Lipinski definition) is 2. The minimum Gasteiger partial charge on any atom is -0.393 e. The second kappa shape index (κ2) is 8.69. The quantitative estimate of drug-likeness (QED) is 0.637. The van der Waals surface area contributed by atoms with Crippen molar-refractivity contribution in [3.63, 3.8) is 0 Å². The Kier molecular flexibility index (Phi) is 8.34. The maximum atomic E-state index is 9.51. The van der Waals surface area contributed by atoms with Crippen LogP contribution in [0.3, 0.4) is 0 Å². The number of aliphatic hydroxyl groups excluding tert-OH is 2. The van der Waals surface area contributed by atoms with Crippen molar-refractivity contribution < 1.29 is 10.2 Å². The first-order valence-corrected chi connectivity index (χ1v) is 5.71. The molecule has 0 spiro atoms. The van der Waals surface area contributed by atoms with E-state index < -0.39 is 0 Å². The van der Waals surface area contributed by atoms with Crippen LogP contribution in [0, 0.1) is 5.92 Å². The molecule has 0 saturated carbocycles. The van der Waals surface area contributed by atoms with Gasteiger partial charge in [-0.2, -0.15) is 0 Å². The minimum absolute atomic E-state index is 0.248. The van der Waals surface area contributed by atoms with E-state index in [4.69, 9.17) is 0 Å². The van der Waals surface area contributed by atoms with E-state index in [0.717, 1.165) is 12.8 Å². The maximum Gasteiger partial charge on any atom is 0.0723 e. The Morgan fingerprint density at radius 3 is 2.33 bits per heavy atom. The van der Waals surface area contributed by atoms with Gasteiger partial charge in [0, 0.05) is 0 Å². The molecule has 2 nitrogen and oxygen atoms in total. The lowest BCUT2D eigenvalue weighted by molar-refractivity contribution is 0.128. The molecule has 2 atom stereocenters. The molecular weight excluding hydrogens is 188 g/mol. The monoisotopic (exact) mass is 212 g/mol. The summed E-state index contributed by atoms with van der Waals surface area (Å²) < 4.78 is 0. The van der Waals surface area contributed by atoms with Crippen LogP contribution in [0.1, 0.15) is 40.0 Å². The van der Waals surface area contributed by atoms with E-state index in [1.54, 1.807) is 6.08 Å². The number of hydrogen-bond donors (Lipinski definition) is 2. The van der Waals surface area contributed by atoms with Gasteiger partial charge in [0.05, 0.1) is 12.2 Å². The molecule has 0 unspecified atom stereocenters. The number of aliphatic hydroxyl groups is 2. The average Bonchev–Trinajstić information content (AvgIpc) is 2.17. The minimum atomic E-state index is -0.338. The van der Waals surface area contributed by atoms with Crippen molar-refractivity contribution in [3.8, 4) is 0 Å². The molecule has 0 aromatic rings. The van der Waals surface area contributed by atoms with E-state index in [0.29, 0.717) is 12.3 Å². The van der Waals surface area contributed by atoms with Gasteiger partial charge in [0.15, 0.2) is 0 Å². The molecule has 0 heterocycles. The van der Waals surface area contributed by atoms with Crippen molar-refractivity contribution in [2.24, 2.45) is 5.92 Å². The summed E-state index contributed by atoms with van der Waals surface area (Å²) in [6, 6.07) is 0. The highest BCUT2D eigenvalue weighted by Gasteiger charge is 2.05. The highest BCUT2D eigenvalue weighted by Crippen LogP contribution is 2.07. The molecule has 15 heavy (non-hydrogen) atoms. The molecule has 0 radical (unpaired) electrons. The van der Waals surface area contributed by atoms with Crippen LogP contribution >= 0.6 is 0 Å². The average molecular weight is 212 g/mol. The van der Waals surface area contributed by atoms with Gasteiger partial charge in [-0.25, -0.2) is 0 Å². The molecule has 0 aliphatic rings. The summed E-state index contributed by atoms with van der Waals surface area (Å²) in [5.74, 6) is 0.309. The standard InChI is InChI=1S/C13H24O2/c1-4-8-12(14)9-6-5-7-10-13(15)11(2)3/h4-5,7-8,11-15H,6,9-10H2,1-3H3/b7-5-,8-4+/t12-,13+/m0/s1. The molecule has 0 bridgehead atoms. The molecule has 0 aromatic carbocycles. The van der Waals surface area contributed by atoms with Crippen molar-refractivity contribution in [1.29, 1.82) is 0 Å². The van der Waals surface area contributed by atoms with Crippen LogP contribution in [0.15, 0.2) is 24.3 Å². The molecular formula is C13H24O2. The van der Waals surface area contributed by atoms with E-state index in [1.807, 2.05) is 39.0 Å². The summed E-state index contributed by atoms with van der Waals surface area (Å²) in [4.78, 5) is 0. The first kappa shape index (κ1) is 14.4. The molecule has 0 aliphatic heterocycles. The molecule has 0 aliphatic carbocycles. The van der Waals surface area contributed by atoms with Gasteiger partial charge in [-0.1, -0.05) is 38.2 Å². The summed E-state index contributed by atoms with van der Waals surface area (Å²) in [5.41, 5.74) is 0. The number of rotatable bonds is 7. The highest BCUT2D eigenvalue weighted by molar-refractivity contribution is 4.90. The van der Waals surface area contributed by atoms with Crippen molar-refractivity contribution in [2.45, 2.75) is 52.2 Å². The summed E-state index contributed by atoms with van der Waals surface area (Å²) >= 11 is 0. The van der Waals surface area contributed by atoms with Crippen molar-refractivity contribution in [1.82, 2.24) is 0 Å². The predicted molar refractivity (Wildman–Crippen MR) is 64.7 cm³/mol. The van der Waals surface area contributed by atoms with Crippen LogP contribution in [-0.2, 0) is 0 Å². The second-order valence-electron chi connectivity index (χ2n) is 4.19. The zero-order chi connectivity index (χ0) is 11.7. The molecule has 2 heteroatoms. The number of allylic oxidation sites excluding steroid dienone is 2. The van der Waals surface area contributed by atoms with Crippen molar-refractivity contribution >= 4 is 0 Å². The topological polar surface area (TPSA) is 40.5 Å². The zero-order valence-electron chi connectivity index (χ0n) is 10.1. The summed E-state index contributed by atoms with van der Waals surface area (Å²) in [6.45, 7) is 5.92. The second-order valence-corrected chi connectivity index (χ2v) is 4.19. The summed E-state index contributed by atoms with van der Waals surface area (Å²) in [5, 5.41) is 18.9. The Balaban J connectivity index is 3.55. The fourth-order valence-corrected chi connectivity index (χ4v) is 1.21. The third-order valence-corrected chi connectivity index (χ3v) is 2.36. The van der Waals surface area contributed by atoms with Gasteiger partial charge in [-0.15, -0.1) is 0 Å². The van der Waals surface area contributed by atoms with Crippen LogP contribution < -0.4 is 0 Å². The van der Waals surface area contributed by atoms with E-state index in [2.05, 4.69) is 0 Å². The molecule has 0 rings (SSSR count). The molecule has 0 saturated heterocycles. The maximum absolute atomic E-state index is 9.51. The van der Waals surface area contributed by atoms with E-state index in [1.165, 1.54) is 0 Å². The van der Waals surface area contributed by atoms with Crippen LogP contribution in [0.2, 0.25) is 0 Å². The summed E-state index contributed by atoms with van der Waals surface area (Å²) in [7, 11) is 0. The largest absolute Gasteiger partial charge is 0.393 e. The lowest BCUT2D eigenvalue weighted by Crippen LogP contribution is -2.12. The first-order chi connectivity index (χ1) is 7.07. The zero-order valence-corrected chi connectivity index (χ0v) is 10.1. The molecule has 0 amide bonds. The van der Waals surface area contributed by atoms with Gasteiger partial charge in [0.1, 0.15) is 0 Å². The normalized spacial score (nSPS) is 16.7. The summed E-state index contributed by atoms with van der Waals surface area (Å²) in [6.07, 6.45) is 9.39. The fraction of sp³-hybridized carbons (Fsp3) is 0.692. The Bertz CT molecular complexity index is 195. The molecule has 0 fully saturated rings. The van der Waals surface area contributed by atoms with Gasteiger partial charge in [0.2, 0.25) is 0 Å². The first-order valence-electron chi connectivity index (χ1n) is 5.71. The van der Waals surface area contributed by atoms with Gasteiger partial charge in [-0.3, -0.25) is 0 Å². The third kappa shape index (κ3) is 8.40. The fourth-order valence-electron chi connectivity index (χ4n) is 1.21. The lowest BCUT2D eigenvalue weighted by Gasteiger charge is -2.11. The smallest absolute Gasteiger partial charge is 0.0723 e. The third-order valence-electron chi connectivity index (χ3n) is 2.36. The molecule has 88 valence electrons. The SMILES string of the molecule is C/C=C/[C@H](O)CC/C=C\C[C@@H](O)C(C)C.